The molecule has 1 aromatic carbocycles. The molecule has 2 aromatic heterocycles. The number of nitrogens with two attached hydrogens (primary N) is 1. The summed E-state index contributed by atoms with van der Waals surface area (Å²) < 4.78 is 5.47. The molecule has 0 unspecified atom stereocenters. The maximum atomic E-state index is 5.73. The Morgan fingerprint density at radius 2 is 1.73 bits per heavy atom. The molecular weight excluding hydrogens is 278 g/mol. The van der Waals surface area contributed by atoms with Gasteiger partial charge in [-0.2, -0.15) is 0 Å². The molecule has 0 fully saturated rings. The molecule has 0 amide bonds. The molecular formula is C16H13N5O. The van der Waals surface area contributed by atoms with Crippen LogP contribution in [0.2, 0.25) is 0 Å². The fourth-order valence-corrected chi connectivity index (χ4v) is 2.48. The van der Waals surface area contributed by atoms with E-state index in [1.165, 1.54) is 0 Å². The highest BCUT2D eigenvalue weighted by Crippen LogP contribution is 2.53. The number of rotatable bonds is 2. The third-order valence-corrected chi connectivity index (χ3v) is 3.75. The van der Waals surface area contributed by atoms with Crippen molar-refractivity contribution in [2.45, 2.75) is 13.8 Å². The van der Waals surface area contributed by atoms with Crippen molar-refractivity contribution in [3.8, 4) is 34.1 Å². The third-order valence-electron chi connectivity index (χ3n) is 3.75. The average molecular weight is 291 g/mol. The number of fused-ring (bicyclic) bond motifs is 1. The van der Waals surface area contributed by atoms with Crippen LogP contribution < -0.4 is 10.5 Å². The molecule has 1 aliphatic heterocycles. The van der Waals surface area contributed by atoms with Gasteiger partial charge in [-0.15, -0.1) is 10.2 Å². The third kappa shape index (κ3) is 1.88. The first kappa shape index (κ1) is 12.7. The van der Waals surface area contributed by atoms with Crippen LogP contribution in [0, 0.1) is 13.8 Å². The minimum absolute atomic E-state index is 0.146. The van der Waals surface area contributed by atoms with Gasteiger partial charge in [-0.1, -0.05) is 30.3 Å². The Labute approximate surface area is 127 Å². The highest BCUT2D eigenvalue weighted by atomic mass is 16.6. The molecule has 2 N–H and O–H groups in total. The average Bonchev–Trinajstić information content (AvgIpc) is 3.28. The fourth-order valence-electron chi connectivity index (χ4n) is 2.48. The monoisotopic (exact) mass is 291 g/mol. The largest absolute Gasteiger partial charge is 0.429 e. The molecule has 6 heteroatoms. The summed E-state index contributed by atoms with van der Waals surface area (Å²) in [7, 11) is 0. The smallest absolute Gasteiger partial charge is 0.264 e. The molecule has 6 nitrogen and oxygen atoms in total. The summed E-state index contributed by atoms with van der Waals surface area (Å²) in [5.74, 6) is 1.55. The van der Waals surface area contributed by atoms with E-state index in [1.54, 1.807) is 0 Å². The number of benzene rings is 1. The van der Waals surface area contributed by atoms with Gasteiger partial charge in [0.2, 0.25) is 11.7 Å². The van der Waals surface area contributed by atoms with Crippen molar-refractivity contribution in [3.05, 3.63) is 41.6 Å². The second kappa shape index (κ2) is 4.49. The van der Waals surface area contributed by atoms with Crippen LogP contribution in [0.25, 0.3) is 22.5 Å². The zero-order chi connectivity index (χ0) is 15.3. The van der Waals surface area contributed by atoms with Gasteiger partial charge >= 0.3 is 0 Å². The number of hydrogen-bond acceptors (Lipinski definition) is 6. The number of hydrogen-bond donors (Lipinski definition) is 1. The molecule has 0 atom stereocenters. The molecule has 0 bridgehead atoms. The van der Waals surface area contributed by atoms with Gasteiger partial charge < -0.3 is 10.5 Å². The van der Waals surface area contributed by atoms with Gasteiger partial charge in [0.25, 0.3) is 5.88 Å². The van der Waals surface area contributed by atoms with Gasteiger partial charge in [-0.25, -0.2) is 9.97 Å². The number of aryl methyl sites for hydroxylation is 1. The van der Waals surface area contributed by atoms with E-state index in [2.05, 4.69) is 20.2 Å². The maximum absolute atomic E-state index is 5.73. The SMILES string of the molecule is Cc1nc2c(c(-c3nnc(N)nc3-c3ccccc3)c1C)O2. The molecule has 3 heterocycles. The number of aromatic nitrogens is 4. The zero-order valence-corrected chi connectivity index (χ0v) is 12.2. The lowest BCUT2D eigenvalue weighted by molar-refractivity contribution is 0.634. The fraction of sp³-hybridized carbons (Fsp3) is 0.125. The van der Waals surface area contributed by atoms with Crippen molar-refractivity contribution >= 4 is 5.95 Å². The van der Waals surface area contributed by atoms with Crippen LogP contribution in [-0.4, -0.2) is 20.2 Å². The van der Waals surface area contributed by atoms with E-state index in [0.29, 0.717) is 17.3 Å². The summed E-state index contributed by atoms with van der Waals surface area (Å²) in [5, 5.41) is 8.19. The second-order valence-electron chi connectivity index (χ2n) is 5.17. The van der Waals surface area contributed by atoms with E-state index in [0.717, 1.165) is 28.1 Å². The Kier molecular flexibility index (Phi) is 2.59. The Morgan fingerprint density at radius 3 is 2.50 bits per heavy atom. The van der Waals surface area contributed by atoms with Crippen LogP contribution >= 0.6 is 0 Å². The number of nitrogens with zero attached hydrogens (tertiary/aromatic N) is 4. The molecule has 0 spiro atoms. The van der Waals surface area contributed by atoms with Gasteiger partial charge in [-0.3, -0.25) is 0 Å². The molecule has 4 rings (SSSR count). The first-order valence-corrected chi connectivity index (χ1v) is 6.90. The molecule has 22 heavy (non-hydrogen) atoms. The first-order valence-electron chi connectivity index (χ1n) is 6.90. The van der Waals surface area contributed by atoms with Crippen LogP contribution in [0.1, 0.15) is 11.3 Å². The Hall–Kier alpha value is -3.02. The van der Waals surface area contributed by atoms with Crippen molar-refractivity contribution in [3.63, 3.8) is 0 Å². The predicted molar refractivity (Wildman–Crippen MR) is 82.5 cm³/mol. The summed E-state index contributed by atoms with van der Waals surface area (Å²) in [6.45, 7) is 3.94. The Balaban J connectivity index is 2.01. The number of nitrogen functional groups attached to an aromatic ring is 1. The zero-order valence-electron chi connectivity index (χ0n) is 12.2. The van der Waals surface area contributed by atoms with Crippen molar-refractivity contribution in [2.24, 2.45) is 0 Å². The summed E-state index contributed by atoms with van der Waals surface area (Å²) in [5.41, 5.74) is 10.8. The van der Waals surface area contributed by atoms with Crippen LogP contribution in [0.4, 0.5) is 5.95 Å². The summed E-state index contributed by atoms with van der Waals surface area (Å²) >= 11 is 0. The van der Waals surface area contributed by atoms with Crippen LogP contribution in [-0.2, 0) is 0 Å². The lowest BCUT2D eigenvalue weighted by Crippen LogP contribution is -2.03. The quantitative estimate of drug-likeness (QED) is 0.571. The molecule has 3 aromatic rings. The molecule has 0 saturated carbocycles. The lowest BCUT2D eigenvalue weighted by Gasteiger charge is -2.09. The van der Waals surface area contributed by atoms with Gasteiger partial charge in [-0.05, 0) is 19.4 Å². The normalized spacial score (nSPS) is 11.7. The number of pyridine rings is 1. The summed E-state index contributed by atoms with van der Waals surface area (Å²) in [6.07, 6.45) is 0. The van der Waals surface area contributed by atoms with Crippen molar-refractivity contribution in [1.29, 1.82) is 0 Å². The highest BCUT2D eigenvalue weighted by molar-refractivity contribution is 5.87. The first-order chi connectivity index (χ1) is 10.6. The van der Waals surface area contributed by atoms with Crippen LogP contribution in [0.3, 0.4) is 0 Å². The van der Waals surface area contributed by atoms with E-state index in [4.69, 9.17) is 10.5 Å². The van der Waals surface area contributed by atoms with Crippen LogP contribution in [0.5, 0.6) is 11.6 Å². The minimum Gasteiger partial charge on any atom is -0.429 e. The number of anilines is 1. The maximum Gasteiger partial charge on any atom is 0.264 e. The number of ether oxygens (including phenoxy) is 1. The van der Waals surface area contributed by atoms with Gasteiger partial charge in [0.15, 0.2) is 0 Å². The van der Waals surface area contributed by atoms with Crippen molar-refractivity contribution in [2.75, 3.05) is 5.73 Å². The molecule has 0 saturated heterocycles. The Morgan fingerprint density at radius 1 is 0.955 bits per heavy atom. The van der Waals surface area contributed by atoms with E-state index in [9.17, 15) is 0 Å². The Bertz CT molecular complexity index is 893. The predicted octanol–water partition coefficient (Wildman–Crippen LogP) is 2.91. The second-order valence-corrected chi connectivity index (χ2v) is 5.17. The van der Waals surface area contributed by atoms with Crippen LogP contribution in [0.15, 0.2) is 30.3 Å². The summed E-state index contributed by atoms with van der Waals surface area (Å²) in [6, 6.07) is 9.79. The van der Waals surface area contributed by atoms with Crippen molar-refractivity contribution in [1.82, 2.24) is 20.2 Å². The van der Waals surface area contributed by atoms with Gasteiger partial charge in [0.1, 0.15) is 11.4 Å². The van der Waals surface area contributed by atoms with Gasteiger partial charge in [0, 0.05) is 11.3 Å². The molecule has 0 radical (unpaired) electrons. The summed E-state index contributed by atoms with van der Waals surface area (Å²) in [4.78, 5) is 8.74. The highest BCUT2D eigenvalue weighted by Gasteiger charge is 2.33. The topological polar surface area (TPSA) is 90.1 Å². The molecule has 1 aliphatic rings. The van der Waals surface area contributed by atoms with E-state index in [-0.39, 0.29) is 5.95 Å². The van der Waals surface area contributed by atoms with Gasteiger partial charge in [0.05, 0.1) is 5.56 Å². The van der Waals surface area contributed by atoms with Crippen molar-refractivity contribution < 1.29 is 4.74 Å². The minimum atomic E-state index is 0.146. The molecule has 108 valence electrons. The molecule has 0 aliphatic carbocycles. The van der Waals surface area contributed by atoms with E-state index < -0.39 is 0 Å². The van der Waals surface area contributed by atoms with E-state index in [1.807, 2.05) is 44.2 Å². The standard InChI is InChI=1S/C16H13N5O/c1-8-9(2)18-15-14(22-15)11(8)13-12(19-16(17)21-20-13)10-6-4-3-5-7-10/h3-7H,1-2H3,(H2,17,19,21). The lowest BCUT2D eigenvalue weighted by atomic mass is 10.0. The van der Waals surface area contributed by atoms with E-state index >= 15 is 0 Å².